The number of carboxylic acids is 1. The minimum absolute atomic E-state index is 0.00857. The van der Waals surface area contributed by atoms with E-state index in [9.17, 15) is 24.6 Å². The van der Waals surface area contributed by atoms with Crippen molar-refractivity contribution in [3.8, 4) is 5.75 Å². The average Bonchev–Trinajstić information content (AvgIpc) is 3.47. The number of benzene rings is 2. The van der Waals surface area contributed by atoms with E-state index in [0.29, 0.717) is 55.2 Å². The molecule has 41 heavy (non-hydrogen) atoms. The highest BCUT2D eigenvalue weighted by molar-refractivity contribution is 6.08. The number of aliphatic carboxylic acids is 1. The third-order valence-electron chi connectivity index (χ3n) is 7.63. The van der Waals surface area contributed by atoms with Crippen LogP contribution in [-0.4, -0.2) is 56.5 Å². The molecule has 1 aromatic heterocycles. The number of carbonyl (C=O) groups is 3. The number of carboxylic acid groups (broad SMARTS) is 1. The first-order valence-electron chi connectivity index (χ1n) is 14.1. The number of hydrogen-bond acceptors (Lipinski definition) is 6. The summed E-state index contributed by atoms with van der Waals surface area (Å²) < 4.78 is 0. The first kappa shape index (κ1) is 29.6. The van der Waals surface area contributed by atoms with Gasteiger partial charge in [0.2, 0.25) is 0 Å². The van der Waals surface area contributed by atoms with Crippen LogP contribution in [0.5, 0.6) is 5.75 Å². The maximum absolute atomic E-state index is 13.8. The van der Waals surface area contributed by atoms with Gasteiger partial charge in [-0.05, 0) is 73.6 Å². The van der Waals surface area contributed by atoms with Crippen molar-refractivity contribution in [2.24, 2.45) is 0 Å². The van der Waals surface area contributed by atoms with Crippen molar-refractivity contribution in [3.05, 3.63) is 83.2 Å². The van der Waals surface area contributed by atoms with Gasteiger partial charge >= 0.3 is 5.97 Å². The van der Waals surface area contributed by atoms with Gasteiger partial charge in [-0.2, -0.15) is 0 Å². The fourth-order valence-corrected chi connectivity index (χ4v) is 5.05. The number of likely N-dealkylation sites (tertiary alicyclic amines) is 1. The Kier molecular flexibility index (Phi) is 9.27. The van der Waals surface area contributed by atoms with Gasteiger partial charge < -0.3 is 25.3 Å². The van der Waals surface area contributed by atoms with E-state index in [4.69, 9.17) is 0 Å². The Hall–Kier alpha value is -4.40. The SMILES string of the molecule is CCC(C)N(C(=O)c1cccc(C(=O)N2CCC[C@@H]2C(=O)O)c1)c1ccc(NCc2cncc(C(C)C)c2)c(O)c1. The fraction of sp³-hybridized carbons (Fsp3) is 0.375. The van der Waals surface area contributed by atoms with Gasteiger partial charge in [0.1, 0.15) is 11.8 Å². The number of amides is 2. The van der Waals surface area contributed by atoms with Crippen LogP contribution >= 0.6 is 0 Å². The molecule has 0 aliphatic carbocycles. The lowest BCUT2D eigenvalue weighted by atomic mass is 10.0. The Bertz CT molecular complexity index is 1420. The number of pyridine rings is 1. The van der Waals surface area contributed by atoms with E-state index in [1.54, 1.807) is 47.5 Å². The van der Waals surface area contributed by atoms with Crippen LogP contribution < -0.4 is 10.2 Å². The maximum Gasteiger partial charge on any atom is 0.326 e. The summed E-state index contributed by atoms with van der Waals surface area (Å²) in [5.41, 5.74) is 3.77. The predicted octanol–water partition coefficient (Wildman–Crippen LogP) is 5.66. The number of carbonyl (C=O) groups excluding carboxylic acids is 2. The lowest BCUT2D eigenvalue weighted by Crippen LogP contribution is -2.41. The number of nitrogens with zero attached hydrogens (tertiary/aromatic N) is 3. The zero-order valence-electron chi connectivity index (χ0n) is 24.0. The predicted molar refractivity (Wildman–Crippen MR) is 158 cm³/mol. The molecule has 3 N–H and O–H groups in total. The van der Waals surface area contributed by atoms with Crippen LogP contribution in [0.25, 0.3) is 0 Å². The minimum Gasteiger partial charge on any atom is -0.506 e. The monoisotopic (exact) mass is 558 g/mol. The van der Waals surface area contributed by atoms with Gasteiger partial charge in [0, 0.05) is 54.4 Å². The van der Waals surface area contributed by atoms with Gasteiger partial charge in [0.15, 0.2) is 0 Å². The highest BCUT2D eigenvalue weighted by Crippen LogP contribution is 2.32. The second-order valence-electron chi connectivity index (χ2n) is 10.8. The molecule has 0 radical (unpaired) electrons. The molecule has 9 nitrogen and oxygen atoms in total. The smallest absolute Gasteiger partial charge is 0.326 e. The molecule has 2 aromatic carbocycles. The third kappa shape index (κ3) is 6.67. The Morgan fingerprint density at radius 2 is 1.83 bits per heavy atom. The summed E-state index contributed by atoms with van der Waals surface area (Å²) in [6.45, 7) is 8.96. The van der Waals surface area contributed by atoms with Crippen LogP contribution in [0, 0.1) is 0 Å². The molecule has 1 aliphatic heterocycles. The van der Waals surface area contributed by atoms with Crippen molar-refractivity contribution >= 4 is 29.2 Å². The molecule has 216 valence electrons. The van der Waals surface area contributed by atoms with E-state index in [1.807, 2.05) is 20.0 Å². The molecular formula is C32H38N4O5. The summed E-state index contributed by atoms with van der Waals surface area (Å²) >= 11 is 0. The molecular weight excluding hydrogens is 520 g/mol. The van der Waals surface area contributed by atoms with E-state index in [2.05, 4.69) is 30.2 Å². The first-order valence-corrected chi connectivity index (χ1v) is 14.1. The fourth-order valence-electron chi connectivity index (χ4n) is 5.05. The second-order valence-corrected chi connectivity index (χ2v) is 10.8. The number of phenolic OH excluding ortho intramolecular Hbond substituents is 1. The van der Waals surface area contributed by atoms with Crippen LogP contribution in [0.2, 0.25) is 0 Å². The van der Waals surface area contributed by atoms with Crippen LogP contribution in [0.15, 0.2) is 60.9 Å². The molecule has 1 aliphatic rings. The van der Waals surface area contributed by atoms with Crippen molar-refractivity contribution < 1.29 is 24.6 Å². The summed E-state index contributed by atoms with van der Waals surface area (Å²) in [6, 6.07) is 12.5. The number of nitrogens with one attached hydrogen (secondary N) is 1. The molecule has 2 heterocycles. The number of anilines is 2. The molecule has 2 amide bonds. The van der Waals surface area contributed by atoms with Crippen LogP contribution in [0.1, 0.15) is 84.7 Å². The van der Waals surface area contributed by atoms with Gasteiger partial charge in [0.25, 0.3) is 11.8 Å². The molecule has 0 spiro atoms. The van der Waals surface area contributed by atoms with Crippen LogP contribution in [0.3, 0.4) is 0 Å². The van der Waals surface area contributed by atoms with Crippen molar-refractivity contribution in [2.75, 3.05) is 16.8 Å². The summed E-state index contributed by atoms with van der Waals surface area (Å²) in [7, 11) is 0. The molecule has 1 unspecified atom stereocenters. The molecule has 1 fully saturated rings. The summed E-state index contributed by atoms with van der Waals surface area (Å²) in [4.78, 5) is 45.8. The zero-order chi connectivity index (χ0) is 29.7. The van der Waals surface area contributed by atoms with E-state index in [1.165, 1.54) is 11.0 Å². The molecule has 1 saturated heterocycles. The first-order chi connectivity index (χ1) is 19.6. The molecule has 0 bridgehead atoms. The lowest BCUT2D eigenvalue weighted by molar-refractivity contribution is -0.141. The molecule has 4 rings (SSSR count). The molecule has 9 heteroatoms. The highest BCUT2D eigenvalue weighted by Gasteiger charge is 2.34. The van der Waals surface area contributed by atoms with E-state index < -0.39 is 17.9 Å². The van der Waals surface area contributed by atoms with E-state index >= 15 is 0 Å². The quantitative estimate of drug-likeness (QED) is 0.275. The van der Waals surface area contributed by atoms with Gasteiger partial charge in [-0.1, -0.05) is 32.9 Å². The van der Waals surface area contributed by atoms with Crippen molar-refractivity contribution in [1.29, 1.82) is 0 Å². The largest absolute Gasteiger partial charge is 0.506 e. The molecule has 3 aromatic rings. The van der Waals surface area contributed by atoms with E-state index in [0.717, 1.165) is 11.1 Å². The van der Waals surface area contributed by atoms with Crippen molar-refractivity contribution in [3.63, 3.8) is 0 Å². The summed E-state index contributed by atoms with van der Waals surface area (Å²) in [6.07, 6.45) is 5.35. The highest BCUT2D eigenvalue weighted by atomic mass is 16.4. The Labute approximate surface area is 240 Å². The van der Waals surface area contributed by atoms with Gasteiger partial charge in [-0.3, -0.25) is 14.6 Å². The second kappa shape index (κ2) is 12.8. The van der Waals surface area contributed by atoms with Crippen molar-refractivity contribution in [2.45, 2.75) is 71.5 Å². The van der Waals surface area contributed by atoms with Gasteiger partial charge in [-0.15, -0.1) is 0 Å². The third-order valence-corrected chi connectivity index (χ3v) is 7.63. The average molecular weight is 559 g/mol. The lowest BCUT2D eigenvalue weighted by Gasteiger charge is -2.29. The van der Waals surface area contributed by atoms with Crippen LogP contribution in [-0.2, 0) is 11.3 Å². The maximum atomic E-state index is 13.8. The number of rotatable bonds is 10. The Balaban J connectivity index is 1.55. The standard InChI is InChI=1S/C32H38N4O5/c1-5-21(4)36(26-11-12-27(29(37)16-26)34-18-22-14-25(20(2)3)19-33-17-22)31(39)24-9-6-8-23(15-24)30(38)35-13-7-10-28(35)32(40)41/h6,8-9,11-12,14-17,19-21,28,34,37H,5,7,10,13,18H2,1-4H3,(H,40,41)/t21?,28-/m1/s1. The van der Waals surface area contributed by atoms with Crippen LogP contribution in [0.4, 0.5) is 11.4 Å². The molecule has 0 saturated carbocycles. The summed E-state index contributed by atoms with van der Waals surface area (Å²) in [5, 5.41) is 23.6. The van der Waals surface area contributed by atoms with E-state index in [-0.39, 0.29) is 23.3 Å². The number of hydrogen-bond donors (Lipinski definition) is 3. The van der Waals surface area contributed by atoms with Gasteiger partial charge in [-0.25, -0.2) is 4.79 Å². The normalized spacial score (nSPS) is 15.5. The Morgan fingerprint density at radius 1 is 1.07 bits per heavy atom. The van der Waals surface area contributed by atoms with Crippen molar-refractivity contribution in [1.82, 2.24) is 9.88 Å². The Morgan fingerprint density at radius 3 is 2.51 bits per heavy atom. The topological polar surface area (TPSA) is 123 Å². The minimum atomic E-state index is -1.02. The number of phenols is 1. The molecule has 2 atom stereocenters. The number of aromatic hydroxyl groups is 1. The summed E-state index contributed by atoms with van der Waals surface area (Å²) in [5.74, 6) is -1.37. The van der Waals surface area contributed by atoms with Gasteiger partial charge in [0.05, 0.1) is 5.69 Å². The zero-order valence-corrected chi connectivity index (χ0v) is 24.0. The number of aromatic nitrogens is 1.